The minimum Gasteiger partial charge on any atom is -0.305 e. The molecule has 2 fully saturated rings. The van der Waals surface area contributed by atoms with E-state index in [4.69, 9.17) is 0 Å². The van der Waals surface area contributed by atoms with Gasteiger partial charge in [0.05, 0.1) is 0 Å². The average molecular weight is 184 g/mol. The van der Waals surface area contributed by atoms with Gasteiger partial charge in [-0.25, -0.2) is 0 Å². The Labute approximate surface area is 82.9 Å². The van der Waals surface area contributed by atoms with E-state index in [-0.39, 0.29) is 0 Å². The van der Waals surface area contributed by atoms with Crippen LogP contribution < -0.4 is 0 Å². The van der Waals surface area contributed by atoms with Gasteiger partial charge in [0.1, 0.15) is 0 Å². The van der Waals surface area contributed by atoms with Gasteiger partial charge >= 0.3 is 0 Å². The van der Waals surface area contributed by atoms with Crippen LogP contribution in [-0.4, -0.2) is 49.1 Å². The van der Waals surface area contributed by atoms with Crippen molar-refractivity contribution in [2.24, 2.45) is 0 Å². The monoisotopic (exact) mass is 184 g/mol. The molecule has 0 spiro atoms. The Bertz CT molecular complexity index is 132. The first-order valence-electron chi connectivity index (χ1n) is 5.70. The zero-order valence-corrected chi connectivity index (χ0v) is 9.42. The normalized spacial score (nSPS) is 29.3. The summed E-state index contributed by atoms with van der Waals surface area (Å²) in [7, 11) is 2.22. The maximum atomic E-state index is 2.61. The van der Waals surface area contributed by atoms with Crippen molar-refractivity contribution < 1.29 is 0 Å². The summed E-state index contributed by atoms with van der Waals surface area (Å²) in [5.74, 6) is 0. The highest BCUT2D eigenvalue weighted by molar-refractivity contribution is 4.85. The van der Waals surface area contributed by atoms with E-state index in [1.807, 2.05) is 0 Å². The second kappa shape index (κ2) is 5.61. The maximum absolute atomic E-state index is 2.61. The molecule has 0 amide bonds. The molecular weight excluding hydrogens is 160 g/mol. The summed E-state index contributed by atoms with van der Waals surface area (Å²) >= 11 is 0. The van der Waals surface area contributed by atoms with Gasteiger partial charge in [0.25, 0.3) is 0 Å². The molecule has 2 aliphatic heterocycles. The number of hydrogen-bond acceptors (Lipinski definition) is 2. The largest absolute Gasteiger partial charge is 0.305 e. The van der Waals surface area contributed by atoms with Gasteiger partial charge in [0.15, 0.2) is 0 Å². The molecule has 0 radical (unpaired) electrons. The molecule has 0 saturated carbocycles. The average Bonchev–Trinajstić information content (AvgIpc) is 2.34. The molecule has 0 N–H and O–H groups in total. The highest BCUT2D eigenvalue weighted by Crippen LogP contribution is 2.18. The number of rotatable bonds is 1. The molecule has 0 aromatic carbocycles. The molecule has 1 unspecified atom stereocenters. The van der Waals surface area contributed by atoms with Crippen LogP contribution in [0.3, 0.4) is 0 Å². The standard InChI is InChI=1S/C8H16N2.C3H8/c1-9-6-3-8(7-9)10-4-2-5-10;1-3-2/h8H,2-7H2,1H3;3H2,1-2H3. The summed E-state index contributed by atoms with van der Waals surface area (Å²) in [6.45, 7) is 9.58. The fraction of sp³-hybridized carbons (Fsp3) is 1.00. The van der Waals surface area contributed by atoms with Crippen LogP contribution in [0.2, 0.25) is 0 Å². The Morgan fingerprint density at radius 2 is 1.77 bits per heavy atom. The predicted octanol–water partition coefficient (Wildman–Crippen LogP) is 1.81. The van der Waals surface area contributed by atoms with E-state index in [2.05, 4.69) is 30.7 Å². The molecule has 2 nitrogen and oxygen atoms in total. The molecule has 0 bridgehead atoms. The first-order valence-corrected chi connectivity index (χ1v) is 5.70. The molecule has 2 rings (SSSR count). The van der Waals surface area contributed by atoms with Crippen molar-refractivity contribution in [3.8, 4) is 0 Å². The highest BCUT2D eigenvalue weighted by atomic mass is 15.3. The van der Waals surface area contributed by atoms with Crippen molar-refractivity contribution in [2.45, 2.75) is 39.2 Å². The molecule has 13 heavy (non-hydrogen) atoms. The summed E-state index contributed by atoms with van der Waals surface area (Å²) < 4.78 is 0. The second-order valence-electron chi connectivity index (χ2n) is 4.30. The van der Waals surface area contributed by atoms with Crippen LogP contribution in [0.1, 0.15) is 33.1 Å². The van der Waals surface area contributed by atoms with Gasteiger partial charge in [-0.3, -0.25) is 4.90 Å². The summed E-state index contributed by atoms with van der Waals surface area (Å²) in [6.07, 6.45) is 4.08. The number of hydrogen-bond donors (Lipinski definition) is 0. The molecule has 2 heteroatoms. The smallest absolute Gasteiger partial charge is 0.0235 e. The first kappa shape index (κ1) is 11.0. The first-order chi connectivity index (χ1) is 6.27. The Morgan fingerprint density at radius 3 is 2.08 bits per heavy atom. The Hall–Kier alpha value is -0.0800. The van der Waals surface area contributed by atoms with Crippen LogP contribution in [0.15, 0.2) is 0 Å². The Kier molecular flexibility index (Phi) is 4.74. The second-order valence-corrected chi connectivity index (χ2v) is 4.30. The van der Waals surface area contributed by atoms with Gasteiger partial charge in [-0.15, -0.1) is 0 Å². The van der Waals surface area contributed by atoms with Crippen LogP contribution in [0.5, 0.6) is 0 Å². The van der Waals surface area contributed by atoms with Gasteiger partial charge in [-0.05, 0) is 39.5 Å². The maximum Gasteiger partial charge on any atom is 0.0235 e. The summed E-state index contributed by atoms with van der Waals surface area (Å²) in [5, 5.41) is 0. The minimum atomic E-state index is 0.902. The van der Waals surface area contributed by atoms with E-state index in [0.717, 1.165) is 6.04 Å². The fourth-order valence-corrected chi connectivity index (χ4v) is 1.92. The van der Waals surface area contributed by atoms with E-state index < -0.39 is 0 Å². The zero-order chi connectivity index (χ0) is 9.68. The molecule has 1 atom stereocenters. The van der Waals surface area contributed by atoms with Crippen LogP contribution >= 0.6 is 0 Å². The summed E-state index contributed by atoms with van der Waals surface area (Å²) in [6, 6.07) is 0.902. The fourth-order valence-electron chi connectivity index (χ4n) is 1.92. The summed E-state index contributed by atoms with van der Waals surface area (Å²) in [5.41, 5.74) is 0. The van der Waals surface area contributed by atoms with Crippen LogP contribution in [0, 0.1) is 0 Å². The third kappa shape index (κ3) is 3.28. The van der Waals surface area contributed by atoms with E-state index in [9.17, 15) is 0 Å². The van der Waals surface area contributed by atoms with Gasteiger partial charge < -0.3 is 4.90 Å². The molecule has 0 aromatic rings. The lowest BCUT2D eigenvalue weighted by Gasteiger charge is -2.36. The third-order valence-electron chi connectivity index (χ3n) is 2.77. The molecule has 2 saturated heterocycles. The van der Waals surface area contributed by atoms with Gasteiger partial charge in [0.2, 0.25) is 0 Å². The van der Waals surface area contributed by atoms with Crippen molar-refractivity contribution in [2.75, 3.05) is 33.2 Å². The van der Waals surface area contributed by atoms with Crippen LogP contribution in [-0.2, 0) is 0 Å². The van der Waals surface area contributed by atoms with Crippen molar-refractivity contribution in [1.29, 1.82) is 0 Å². The number of likely N-dealkylation sites (tertiary alicyclic amines) is 2. The highest BCUT2D eigenvalue weighted by Gasteiger charge is 2.28. The van der Waals surface area contributed by atoms with Crippen LogP contribution in [0.25, 0.3) is 0 Å². The molecule has 0 aliphatic carbocycles. The third-order valence-corrected chi connectivity index (χ3v) is 2.77. The van der Waals surface area contributed by atoms with E-state index in [1.165, 1.54) is 45.4 Å². The van der Waals surface area contributed by atoms with E-state index in [1.54, 1.807) is 0 Å². The Morgan fingerprint density at radius 1 is 1.15 bits per heavy atom. The number of likely N-dealkylation sites (N-methyl/N-ethyl adjacent to an activating group) is 1. The molecule has 2 aliphatic rings. The van der Waals surface area contributed by atoms with Crippen molar-refractivity contribution in [3.05, 3.63) is 0 Å². The molecular formula is C11H24N2. The zero-order valence-electron chi connectivity index (χ0n) is 9.42. The topological polar surface area (TPSA) is 6.48 Å². The van der Waals surface area contributed by atoms with E-state index in [0.29, 0.717) is 0 Å². The lowest BCUT2D eigenvalue weighted by atomic mass is 10.1. The molecule has 2 heterocycles. The predicted molar refractivity (Wildman–Crippen MR) is 58.1 cm³/mol. The minimum absolute atomic E-state index is 0.902. The molecule has 78 valence electrons. The van der Waals surface area contributed by atoms with Crippen LogP contribution in [0.4, 0.5) is 0 Å². The van der Waals surface area contributed by atoms with Crippen molar-refractivity contribution >= 4 is 0 Å². The van der Waals surface area contributed by atoms with Gasteiger partial charge in [0, 0.05) is 12.6 Å². The van der Waals surface area contributed by atoms with Gasteiger partial charge in [-0.1, -0.05) is 20.3 Å². The van der Waals surface area contributed by atoms with Crippen molar-refractivity contribution in [3.63, 3.8) is 0 Å². The quantitative estimate of drug-likeness (QED) is 0.613. The molecule has 0 aromatic heterocycles. The van der Waals surface area contributed by atoms with E-state index >= 15 is 0 Å². The van der Waals surface area contributed by atoms with Crippen molar-refractivity contribution in [1.82, 2.24) is 9.80 Å². The SMILES string of the molecule is CCC.CN1CCC(N2CCC2)C1. The Balaban J connectivity index is 0.000000251. The lowest BCUT2D eigenvalue weighted by Crippen LogP contribution is -2.46. The number of nitrogens with zero attached hydrogens (tertiary/aromatic N) is 2. The van der Waals surface area contributed by atoms with Gasteiger partial charge in [-0.2, -0.15) is 0 Å². The summed E-state index contributed by atoms with van der Waals surface area (Å²) in [4.78, 5) is 5.05. The lowest BCUT2D eigenvalue weighted by molar-refractivity contribution is 0.122.